The van der Waals surface area contributed by atoms with Crippen LogP contribution in [0.2, 0.25) is 15.1 Å². The van der Waals surface area contributed by atoms with Gasteiger partial charge in [0.1, 0.15) is 5.75 Å². The van der Waals surface area contributed by atoms with Crippen LogP contribution in [0, 0.1) is 0 Å². The summed E-state index contributed by atoms with van der Waals surface area (Å²) in [5.74, 6) is -0.310. The van der Waals surface area contributed by atoms with E-state index in [1.165, 1.54) is 6.21 Å². The standard InChI is InChI=1S/C17H11Cl3N4O3/c18-11-5-3-6-12(19)10(11)8-21-23-16(25)17-22-15(24-27-17)9-26-14-7-2-1-4-13(14)20/h1-8H,9H2,(H,23,25). The highest BCUT2D eigenvalue weighted by Crippen LogP contribution is 2.24. The van der Waals surface area contributed by atoms with Crippen LogP contribution in [0.3, 0.4) is 0 Å². The van der Waals surface area contributed by atoms with Gasteiger partial charge in [-0.15, -0.1) is 0 Å². The quantitative estimate of drug-likeness (QED) is 0.468. The first-order chi connectivity index (χ1) is 13.0. The van der Waals surface area contributed by atoms with Crippen molar-refractivity contribution in [2.75, 3.05) is 0 Å². The molecule has 27 heavy (non-hydrogen) atoms. The molecule has 0 saturated heterocycles. The highest BCUT2D eigenvalue weighted by molar-refractivity contribution is 6.38. The van der Waals surface area contributed by atoms with Crippen molar-refractivity contribution in [3.05, 3.63) is 74.8 Å². The average molecular weight is 426 g/mol. The lowest BCUT2D eigenvalue weighted by Gasteiger charge is -2.04. The first kappa shape index (κ1) is 19.2. The topological polar surface area (TPSA) is 89.6 Å². The van der Waals surface area contributed by atoms with Crippen LogP contribution in [0.1, 0.15) is 22.1 Å². The van der Waals surface area contributed by atoms with E-state index in [0.717, 1.165) is 0 Å². The minimum atomic E-state index is -0.689. The molecule has 0 saturated carbocycles. The van der Waals surface area contributed by atoms with Crippen molar-refractivity contribution in [1.29, 1.82) is 0 Å². The maximum atomic E-state index is 12.0. The van der Waals surface area contributed by atoms with Gasteiger partial charge >= 0.3 is 11.8 Å². The van der Waals surface area contributed by atoms with Gasteiger partial charge in [0.05, 0.1) is 21.3 Å². The van der Waals surface area contributed by atoms with Crippen molar-refractivity contribution in [3.8, 4) is 5.75 Å². The molecule has 1 heterocycles. The molecule has 7 nitrogen and oxygen atoms in total. The summed E-state index contributed by atoms with van der Waals surface area (Å²) in [6.07, 6.45) is 1.32. The third-order valence-corrected chi connectivity index (χ3v) is 4.19. The number of benzene rings is 2. The van der Waals surface area contributed by atoms with E-state index in [-0.39, 0.29) is 18.3 Å². The lowest BCUT2D eigenvalue weighted by atomic mass is 10.2. The van der Waals surface area contributed by atoms with Crippen molar-refractivity contribution in [2.45, 2.75) is 6.61 Å². The molecule has 0 aliphatic carbocycles. The number of rotatable bonds is 6. The Morgan fingerprint density at radius 3 is 2.56 bits per heavy atom. The number of carbonyl (C=O) groups excluding carboxylic acids is 1. The van der Waals surface area contributed by atoms with Crippen LogP contribution in [0.15, 0.2) is 52.1 Å². The number of nitrogens with one attached hydrogen (secondary N) is 1. The van der Waals surface area contributed by atoms with E-state index >= 15 is 0 Å². The van der Waals surface area contributed by atoms with Crippen molar-refractivity contribution in [2.24, 2.45) is 5.10 Å². The number of hydrogen-bond donors (Lipinski definition) is 1. The van der Waals surface area contributed by atoms with E-state index in [9.17, 15) is 4.79 Å². The van der Waals surface area contributed by atoms with E-state index in [1.807, 2.05) is 0 Å². The van der Waals surface area contributed by atoms with Gasteiger partial charge in [-0.1, -0.05) is 58.2 Å². The Labute approximate surface area is 168 Å². The van der Waals surface area contributed by atoms with E-state index in [0.29, 0.717) is 26.4 Å². The molecule has 0 atom stereocenters. The van der Waals surface area contributed by atoms with E-state index < -0.39 is 5.91 Å². The maximum absolute atomic E-state index is 12.0. The summed E-state index contributed by atoms with van der Waals surface area (Å²) in [4.78, 5) is 15.9. The Kier molecular flexibility index (Phi) is 6.28. The number of nitrogens with zero attached hydrogens (tertiary/aromatic N) is 3. The third kappa shape index (κ3) is 4.97. The number of hydrogen-bond acceptors (Lipinski definition) is 6. The van der Waals surface area contributed by atoms with Gasteiger partial charge in [-0.05, 0) is 24.3 Å². The van der Waals surface area contributed by atoms with Crippen LogP contribution >= 0.6 is 34.8 Å². The largest absolute Gasteiger partial charge is 0.484 e. The summed E-state index contributed by atoms with van der Waals surface area (Å²) < 4.78 is 10.4. The van der Waals surface area contributed by atoms with Gasteiger partial charge in [0.2, 0.25) is 5.82 Å². The lowest BCUT2D eigenvalue weighted by molar-refractivity contribution is 0.0911. The lowest BCUT2D eigenvalue weighted by Crippen LogP contribution is -2.18. The zero-order chi connectivity index (χ0) is 19.2. The van der Waals surface area contributed by atoms with E-state index in [2.05, 4.69) is 20.7 Å². The molecule has 0 unspecified atom stereocenters. The summed E-state index contributed by atoms with van der Waals surface area (Å²) in [5.41, 5.74) is 2.73. The second-order valence-corrected chi connectivity index (χ2v) is 6.29. The Hall–Kier alpha value is -2.61. The maximum Gasteiger partial charge on any atom is 0.329 e. The minimum Gasteiger partial charge on any atom is -0.484 e. The number of hydrazone groups is 1. The molecule has 1 N–H and O–H groups in total. The molecule has 10 heteroatoms. The number of aromatic nitrogens is 2. The predicted octanol–water partition coefficient (Wildman–Crippen LogP) is 4.37. The molecule has 0 bridgehead atoms. The molecule has 0 spiro atoms. The molecule has 2 aromatic carbocycles. The predicted molar refractivity (Wildman–Crippen MR) is 102 cm³/mol. The van der Waals surface area contributed by atoms with E-state index in [4.69, 9.17) is 44.1 Å². The van der Waals surface area contributed by atoms with Gasteiger partial charge in [-0.3, -0.25) is 4.79 Å². The SMILES string of the molecule is O=C(NN=Cc1c(Cl)cccc1Cl)c1nc(COc2ccccc2Cl)no1. The van der Waals surface area contributed by atoms with Crippen LogP contribution < -0.4 is 10.2 Å². The number of para-hydroxylation sites is 1. The molecular weight excluding hydrogens is 415 g/mol. The summed E-state index contributed by atoms with van der Waals surface area (Å²) in [6.45, 7) is -0.0149. The van der Waals surface area contributed by atoms with Gasteiger partial charge in [0.25, 0.3) is 0 Å². The van der Waals surface area contributed by atoms with Gasteiger partial charge in [-0.2, -0.15) is 10.1 Å². The fourth-order valence-corrected chi connectivity index (χ4v) is 2.63. The number of halogens is 3. The van der Waals surface area contributed by atoms with E-state index in [1.54, 1.807) is 42.5 Å². The molecule has 0 aliphatic heterocycles. The highest BCUT2D eigenvalue weighted by atomic mass is 35.5. The molecule has 3 rings (SSSR count). The van der Waals surface area contributed by atoms with Crippen molar-refractivity contribution >= 4 is 46.9 Å². The number of ether oxygens (including phenoxy) is 1. The second kappa shape index (κ2) is 8.85. The Morgan fingerprint density at radius 2 is 1.81 bits per heavy atom. The van der Waals surface area contributed by atoms with Crippen LogP contribution in [0.4, 0.5) is 0 Å². The molecule has 3 aromatic rings. The normalized spacial score (nSPS) is 10.9. The zero-order valence-corrected chi connectivity index (χ0v) is 15.8. The number of amides is 1. The second-order valence-electron chi connectivity index (χ2n) is 5.07. The molecule has 0 fully saturated rings. The smallest absolute Gasteiger partial charge is 0.329 e. The molecule has 0 radical (unpaired) electrons. The fraction of sp³-hybridized carbons (Fsp3) is 0.0588. The zero-order valence-electron chi connectivity index (χ0n) is 13.5. The Balaban J connectivity index is 1.58. The van der Waals surface area contributed by atoms with Gasteiger partial charge in [-0.25, -0.2) is 5.43 Å². The molecule has 1 aromatic heterocycles. The summed E-state index contributed by atoms with van der Waals surface area (Å²) in [6, 6.07) is 12.0. The summed E-state index contributed by atoms with van der Waals surface area (Å²) >= 11 is 18.0. The van der Waals surface area contributed by atoms with Crippen LogP contribution in [-0.2, 0) is 6.61 Å². The Bertz CT molecular complexity index is 971. The monoisotopic (exact) mass is 424 g/mol. The van der Waals surface area contributed by atoms with Crippen LogP contribution in [0.25, 0.3) is 0 Å². The van der Waals surface area contributed by atoms with Crippen LogP contribution in [0.5, 0.6) is 5.75 Å². The first-order valence-electron chi connectivity index (χ1n) is 7.52. The Morgan fingerprint density at radius 1 is 1.11 bits per heavy atom. The van der Waals surface area contributed by atoms with Crippen molar-refractivity contribution in [1.82, 2.24) is 15.6 Å². The molecular formula is C17H11Cl3N4O3. The van der Waals surface area contributed by atoms with Gasteiger partial charge < -0.3 is 9.26 Å². The molecule has 1 amide bonds. The average Bonchev–Trinajstić information content (AvgIpc) is 3.12. The fourth-order valence-electron chi connectivity index (χ4n) is 1.95. The van der Waals surface area contributed by atoms with Gasteiger partial charge in [0, 0.05) is 5.56 Å². The number of carbonyl (C=O) groups is 1. The first-order valence-corrected chi connectivity index (χ1v) is 8.65. The van der Waals surface area contributed by atoms with Crippen molar-refractivity contribution < 1.29 is 14.1 Å². The summed E-state index contributed by atoms with van der Waals surface area (Å²) in [7, 11) is 0. The van der Waals surface area contributed by atoms with Crippen LogP contribution in [-0.4, -0.2) is 22.3 Å². The summed E-state index contributed by atoms with van der Waals surface area (Å²) in [5, 5.41) is 8.70. The minimum absolute atomic E-state index is 0.0149. The molecule has 0 aliphatic rings. The van der Waals surface area contributed by atoms with Crippen molar-refractivity contribution in [3.63, 3.8) is 0 Å². The third-order valence-electron chi connectivity index (χ3n) is 3.22. The highest BCUT2D eigenvalue weighted by Gasteiger charge is 2.15. The molecule has 138 valence electrons. The van der Waals surface area contributed by atoms with Gasteiger partial charge in [0.15, 0.2) is 6.61 Å².